The molecule has 1 aliphatic rings. The van der Waals surface area contributed by atoms with Gasteiger partial charge in [0, 0.05) is 18.7 Å². The summed E-state index contributed by atoms with van der Waals surface area (Å²) in [5, 5.41) is 5.75. The molecular formula is C7H15N3O2S. The predicted molar refractivity (Wildman–Crippen MR) is 52.1 cm³/mol. The van der Waals surface area contributed by atoms with Crippen LogP contribution in [0.15, 0.2) is 5.10 Å². The Labute approximate surface area is 78.5 Å². The van der Waals surface area contributed by atoms with Crippen molar-refractivity contribution in [3.05, 3.63) is 0 Å². The van der Waals surface area contributed by atoms with Gasteiger partial charge in [0.25, 0.3) is 0 Å². The Morgan fingerprint density at radius 3 is 2.69 bits per heavy atom. The van der Waals surface area contributed by atoms with E-state index in [1.807, 2.05) is 6.92 Å². The zero-order chi connectivity index (χ0) is 10.1. The largest absolute Gasteiger partial charge is 0.385 e. The molecule has 5 nitrogen and oxygen atoms in total. The van der Waals surface area contributed by atoms with Crippen LogP contribution >= 0.6 is 0 Å². The molecule has 0 amide bonds. The Bertz CT molecular complexity index is 310. The van der Waals surface area contributed by atoms with Crippen LogP contribution in [0.1, 0.15) is 6.92 Å². The number of amidine groups is 1. The summed E-state index contributed by atoms with van der Waals surface area (Å²) < 4.78 is 21.7. The van der Waals surface area contributed by atoms with E-state index in [9.17, 15) is 8.42 Å². The third kappa shape index (κ3) is 3.22. The first-order chi connectivity index (χ1) is 5.88. The van der Waals surface area contributed by atoms with E-state index in [0.717, 1.165) is 6.54 Å². The summed E-state index contributed by atoms with van der Waals surface area (Å²) in [6, 6.07) is 0. The van der Waals surface area contributed by atoms with Crippen molar-refractivity contribution in [3.63, 3.8) is 0 Å². The van der Waals surface area contributed by atoms with E-state index >= 15 is 0 Å². The van der Waals surface area contributed by atoms with Gasteiger partial charge in [0.05, 0.1) is 12.3 Å². The van der Waals surface area contributed by atoms with Crippen molar-refractivity contribution in [2.45, 2.75) is 6.92 Å². The van der Waals surface area contributed by atoms with Crippen molar-refractivity contribution in [1.29, 1.82) is 0 Å². The molecule has 0 fully saturated rings. The summed E-state index contributed by atoms with van der Waals surface area (Å²) >= 11 is 0. The van der Waals surface area contributed by atoms with Crippen molar-refractivity contribution < 1.29 is 8.42 Å². The summed E-state index contributed by atoms with van der Waals surface area (Å²) in [4.78, 5) is 0. The average molecular weight is 205 g/mol. The van der Waals surface area contributed by atoms with Crippen LogP contribution in [-0.2, 0) is 9.84 Å². The second-order valence-corrected chi connectivity index (χ2v) is 5.73. The molecule has 0 aliphatic carbocycles. The number of hydrogen-bond donors (Lipinski definition) is 1. The molecule has 0 radical (unpaired) electrons. The minimum atomic E-state index is -2.90. The molecule has 0 aromatic rings. The third-order valence-electron chi connectivity index (χ3n) is 1.97. The molecule has 1 unspecified atom stereocenters. The van der Waals surface area contributed by atoms with E-state index in [4.69, 9.17) is 5.73 Å². The number of nitrogens with zero attached hydrogens (tertiary/aromatic N) is 2. The maximum absolute atomic E-state index is 10.8. The van der Waals surface area contributed by atoms with E-state index in [-0.39, 0.29) is 11.7 Å². The Morgan fingerprint density at radius 1 is 1.69 bits per heavy atom. The molecule has 0 spiro atoms. The van der Waals surface area contributed by atoms with Crippen molar-refractivity contribution in [1.82, 2.24) is 5.01 Å². The van der Waals surface area contributed by atoms with Gasteiger partial charge >= 0.3 is 0 Å². The number of hydrazone groups is 1. The highest BCUT2D eigenvalue weighted by Gasteiger charge is 2.20. The summed E-state index contributed by atoms with van der Waals surface area (Å²) in [7, 11) is -2.90. The second-order valence-electron chi connectivity index (χ2n) is 3.47. The summed E-state index contributed by atoms with van der Waals surface area (Å²) in [6.45, 7) is 3.13. The van der Waals surface area contributed by atoms with Gasteiger partial charge in [-0.1, -0.05) is 6.92 Å². The second kappa shape index (κ2) is 3.53. The lowest BCUT2D eigenvalue weighted by Gasteiger charge is -2.12. The van der Waals surface area contributed by atoms with Crippen molar-refractivity contribution >= 4 is 15.7 Å². The summed E-state index contributed by atoms with van der Waals surface area (Å²) in [5.74, 6) is 0.962. The standard InChI is InChI=1S/C7H15N3O2S/c1-6-5-10(9-7(6)8)3-4-13(2,11)12/h6H,3-5H2,1-2H3,(H2,8,9). The van der Waals surface area contributed by atoms with E-state index in [2.05, 4.69) is 5.10 Å². The van der Waals surface area contributed by atoms with Crippen LogP contribution in [0.3, 0.4) is 0 Å². The van der Waals surface area contributed by atoms with Crippen molar-refractivity contribution in [2.75, 3.05) is 25.1 Å². The molecule has 0 saturated heterocycles. The molecular weight excluding hydrogens is 190 g/mol. The number of rotatable bonds is 3. The molecule has 2 N–H and O–H groups in total. The zero-order valence-corrected chi connectivity index (χ0v) is 8.71. The first-order valence-corrected chi connectivity index (χ1v) is 6.21. The van der Waals surface area contributed by atoms with E-state index in [1.54, 1.807) is 5.01 Å². The SMILES string of the molecule is CC1CN(CCS(C)(=O)=O)N=C1N. The highest BCUT2D eigenvalue weighted by atomic mass is 32.2. The van der Waals surface area contributed by atoms with Gasteiger partial charge in [0.15, 0.2) is 0 Å². The molecule has 0 aromatic carbocycles. The Balaban J connectivity index is 2.42. The lowest BCUT2D eigenvalue weighted by atomic mass is 10.2. The van der Waals surface area contributed by atoms with Crippen LogP contribution in [0.5, 0.6) is 0 Å². The van der Waals surface area contributed by atoms with Crippen LogP contribution < -0.4 is 5.73 Å². The van der Waals surface area contributed by atoms with Crippen molar-refractivity contribution in [3.8, 4) is 0 Å². The summed E-state index contributed by atoms with van der Waals surface area (Å²) in [6.07, 6.45) is 1.22. The maximum Gasteiger partial charge on any atom is 0.149 e. The average Bonchev–Trinajstić information content (AvgIpc) is 2.27. The highest BCUT2D eigenvalue weighted by molar-refractivity contribution is 7.90. The quantitative estimate of drug-likeness (QED) is 0.658. The van der Waals surface area contributed by atoms with Gasteiger partial charge in [-0.05, 0) is 0 Å². The lowest BCUT2D eigenvalue weighted by molar-refractivity contribution is 0.317. The fraction of sp³-hybridized carbons (Fsp3) is 0.857. The Morgan fingerprint density at radius 2 is 2.31 bits per heavy atom. The van der Waals surface area contributed by atoms with Crippen molar-refractivity contribution in [2.24, 2.45) is 16.8 Å². The number of nitrogens with two attached hydrogens (primary N) is 1. The predicted octanol–water partition coefficient (Wildman–Crippen LogP) is -0.745. The lowest BCUT2D eigenvalue weighted by Crippen LogP contribution is -2.24. The molecule has 6 heteroatoms. The van der Waals surface area contributed by atoms with Gasteiger partial charge in [-0.3, -0.25) is 5.01 Å². The maximum atomic E-state index is 10.8. The molecule has 0 saturated carbocycles. The van der Waals surface area contributed by atoms with Crippen LogP contribution in [0.2, 0.25) is 0 Å². The van der Waals surface area contributed by atoms with E-state index in [1.165, 1.54) is 6.26 Å². The molecule has 1 rings (SSSR count). The fourth-order valence-corrected chi connectivity index (χ4v) is 1.67. The smallest absolute Gasteiger partial charge is 0.149 e. The molecule has 0 aromatic heterocycles. The molecule has 1 aliphatic heterocycles. The van der Waals surface area contributed by atoms with Crippen LogP contribution in [0, 0.1) is 5.92 Å². The van der Waals surface area contributed by atoms with Crippen LogP contribution in [0.4, 0.5) is 0 Å². The first-order valence-electron chi connectivity index (χ1n) is 4.15. The number of hydrogen-bond acceptors (Lipinski definition) is 5. The third-order valence-corrected chi connectivity index (χ3v) is 2.89. The first kappa shape index (κ1) is 10.3. The minimum absolute atomic E-state index is 0.135. The monoisotopic (exact) mass is 205 g/mol. The molecule has 76 valence electrons. The minimum Gasteiger partial charge on any atom is -0.385 e. The summed E-state index contributed by atoms with van der Waals surface area (Å²) in [5.41, 5.74) is 5.57. The van der Waals surface area contributed by atoms with Gasteiger partial charge in [-0.2, -0.15) is 5.10 Å². The normalized spacial score (nSPS) is 23.4. The van der Waals surface area contributed by atoms with Crippen LogP contribution in [0.25, 0.3) is 0 Å². The Kier molecular flexibility index (Phi) is 2.80. The van der Waals surface area contributed by atoms with Gasteiger partial charge in [-0.25, -0.2) is 8.42 Å². The number of sulfone groups is 1. The van der Waals surface area contributed by atoms with Gasteiger partial charge < -0.3 is 5.73 Å². The highest BCUT2D eigenvalue weighted by Crippen LogP contribution is 2.09. The van der Waals surface area contributed by atoms with Gasteiger partial charge in [0.1, 0.15) is 15.7 Å². The fourth-order valence-electron chi connectivity index (χ4n) is 1.12. The van der Waals surface area contributed by atoms with Crippen LogP contribution in [-0.4, -0.2) is 44.4 Å². The molecule has 1 atom stereocenters. The topological polar surface area (TPSA) is 75.8 Å². The van der Waals surface area contributed by atoms with E-state index < -0.39 is 9.84 Å². The molecule has 0 bridgehead atoms. The van der Waals surface area contributed by atoms with Gasteiger partial charge in [0.2, 0.25) is 0 Å². The van der Waals surface area contributed by atoms with E-state index in [0.29, 0.717) is 12.4 Å². The zero-order valence-electron chi connectivity index (χ0n) is 7.90. The van der Waals surface area contributed by atoms with Gasteiger partial charge in [-0.15, -0.1) is 0 Å². The molecule has 13 heavy (non-hydrogen) atoms. The Hall–Kier alpha value is -0.780. The molecule has 1 heterocycles.